The molecular weight excluding hydrogens is 556 g/mol. The topological polar surface area (TPSA) is 109 Å². The van der Waals surface area contributed by atoms with Crippen molar-refractivity contribution in [2.24, 2.45) is 5.92 Å². The van der Waals surface area contributed by atoms with Gasteiger partial charge in [-0.15, -0.1) is 0 Å². The lowest BCUT2D eigenvalue weighted by atomic mass is 10.1. The number of thiocarbonyl (C=S) groups is 1. The first kappa shape index (κ1) is 27.8. The molecule has 0 radical (unpaired) electrons. The molecule has 0 saturated carbocycles. The molecule has 3 aromatic rings. The van der Waals surface area contributed by atoms with E-state index >= 15 is 0 Å². The van der Waals surface area contributed by atoms with Crippen LogP contribution in [-0.4, -0.2) is 29.4 Å². The van der Waals surface area contributed by atoms with Crippen molar-refractivity contribution >= 4 is 56.7 Å². The Hall–Kier alpha value is -3.76. The minimum Gasteiger partial charge on any atom is -0.493 e. The molecule has 8 nitrogen and oxygen atoms in total. The molecule has 3 aromatic carbocycles. The summed E-state index contributed by atoms with van der Waals surface area (Å²) in [4.78, 5) is 37.5. The van der Waals surface area contributed by atoms with E-state index in [0.717, 1.165) is 6.42 Å². The molecular formula is C27H27BrN4O4S. The maximum absolute atomic E-state index is 12.8. The highest BCUT2D eigenvalue weighted by Crippen LogP contribution is 2.24. The number of carbonyl (C=O) groups excluding carboxylic acids is 3. The van der Waals surface area contributed by atoms with Gasteiger partial charge >= 0.3 is 0 Å². The van der Waals surface area contributed by atoms with Crippen LogP contribution in [0.4, 0.5) is 5.69 Å². The molecule has 0 unspecified atom stereocenters. The molecule has 3 rings (SSSR count). The summed E-state index contributed by atoms with van der Waals surface area (Å²) in [5.74, 6) is -0.298. The first-order valence-corrected chi connectivity index (χ1v) is 12.7. The predicted molar refractivity (Wildman–Crippen MR) is 151 cm³/mol. The summed E-state index contributed by atoms with van der Waals surface area (Å²) < 4.78 is 6.49. The van der Waals surface area contributed by atoms with Crippen LogP contribution in [0.15, 0.2) is 77.3 Å². The Bertz CT molecular complexity index is 1270. The minimum absolute atomic E-state index is 0.0850. The number of benzene rings is 3. The van der Waals surface area contributed by atoms with E-state index < -0.39 is 11.8 Å². The number of carbonyl (C=O) groups is 3. The number of halogens is 1. The van der Waals surface area contributed by atoms with Crippen LogP contribution < -0.4 is 26.2 Å². The quantitative estimate of drug-likeness (QED) is 0.218. The summed E-state index contributed by atoms with van der Waals surface area (Å²) in [7, 11) is 0. The lowest BCUT2D eigenvalue weighted by molar-refractivity contribution is 0.0933. The van der Waals surface area contributed by atoms with Gasteiger partial charge in [0.15, 0.2) is 5.11 Å². The smallest absolute Gasteiger partial charge is 0.269 e. The molecule has 37 heavy (non-hydrogen) atoms. The second kappa shape index (κ2) is 13.5. The summed E-state index contributed by atoms with van der Waals surface area (Å²) in [6, 6.07) is 20.3. The highest BCUT2D eigenvalue weighted by molar-refractivity contribution is 9.10. The number of rotatable bonds is 8. The molecule has 0 aliphatic heterocycles. The van der Waals surface area contributed by atoms with Crippen LogP contribution in [0.25, 0.3) is 0 Å². The van der Waals surface area contributed by atoms with Gasteiger partial charge in [-0.1, -0.05) is 48.0 Å². The van der Waals surface area contributed by atoms with Crippen LogP contribution in [-0.2, 0) is 0 Å². The molecule has 0 aromatic heterocycles. The number of nitrogens with one attached hydrogen (secondary N) is 4. The Kier molecular flexibility index (Phi) is 10.2. The third kappa shape index (κ3) is 8.69. The Morgan fingerprint density at radius 3 is 2.22 bits per heavy atom. The van der Waals surface area contributed by atoms with Gasteiger partial charge in [0.05, 0.1) is 12.2 Å². The predicted octanol–water partition coefficient (Wildman–Crippen LogP) is 5.08. The van der Waals surface area contributed by atoms with Crippen LogP contribution in [0, 0.1) is 5.92 Å². The van der Waals surface area contributed by atoms with Crippen molar-refractivity contribution in [2.75, 3.05) is 11.9 Å². The maximum atomic E-state index is 12.8. The van der Waals surface area contributed by atoms with Crippen molar-refractivity contribution in [3.05, 3.63) is 94.0 Å². The van der Waals surface area contributed by atoms with Crippen molar-refractivity contribution in [1.82, 2.24) is 16.2 Å². The van der Waals surface area contributed by atoms with Gasteiger partial charge in [0.25, 0.3) is 17.7 Å². The number of ether oxygens (including phenoxy) is 1. The lowest BCUT2D eigenvalue weighted by Crippen LogP contribution is -2.48. The summed E-state index contributed by atoms with van der Waals surface area (Å²) in [5, 5.41) is 5.22. The third-order valence-electron chi connectivity index (χ3n) is 5.10. The number of hydrogen-bond donors (Lipinski definition) is 4. The van der Waals surface area contributed by atoms with E-state index in [9.17, 15) is 14.4 Å². The van der Waals surface area contributed by atoms with Crippen LogP contribution in [0.1, 0.15) is 51.3 Å². The average Bonchev–Trinajstić information content (AvgIpc) is 2.88. The lowest BCUT2D eigenvalue weighted by Gasteiger charge is -2.14. The van der Waals surface area contributed by atoms with Crippen molar-refractivity contribution in [3.8, 4) is 5.75 Å². The molecule has 0 heterocycles. The van der Waals surface area contributed by atoms with Crippen molar-refractivity contribution < 1.29 is 19.1 Å². The van der Waals surface area contributed by atoms with Crippen LogP contribution in [0.2, 0.25) is 0 Å². The zero-order chi connectivity index (χ0) is 26.8. The fraction of sp³-hybridized carbons (Fsp3) is 0.185. The average molecular weight is 584 g/mol. The zero-order valence-corrected chi connectivity index (χ0v) is 22.7. The van der Waals surface area contributed by atoms with Gasteiger partial charge in [0.2, 0.25) is 0 Å². The summed E-state index contributed by atoms with van der Waals surface area (Å²) in [6.07, 6.45) is 0.851. The monoisotopic (exact) mass is 582 g/mol. The van der Waals surface area contributed by atoms with Gasteiger partial charge in [-0.3, -0.25) is 30.6 Å². The molecule has 0 bridgehead atoms. The van der Waals surface area contributed by atoms with Crippen LogP contribution in [0.5, 0.6) is 5.75 Å². The number of anilines is 1. The standard InChI is InChI=1S/C27H27BrN4O4S/c1-17(2)14-15-36-23-13-10-20(28)16-22(23)26(35)30-27(37)32-31-25(34)19-8-11-21(12-9-19)29-24(33)18-6-4-3-5-7-18/h3-13,16-17H,14-15H2,1-2H3,(H,29,33)(H,31,34)(H2,30,32,35,37). The molecule has 192 valence electrons. The van der Waals surface area contributed by atoms with Gasteiger partial charge in [-0.2, -0.15) is 0 Å². The number of amides is 3. The van der Waals surface area contributed by atoms with E-state index in [1.54, 1.807) is 66.7 Å². The summed E-state index contributed by atoms with van der Waals surface area (Å²) in [5.41, 5.74) is 6.67. The maximum Gasteiger partial charge on any atom is 0.269 e. The first-order chi connectivity index (χ1) is 17.7. The number of hydrazine groups is 1. The Morgan fingerprint density at radius 1 is 0.865 bits per heavy atom. The van der Waals surface area contributed by atoms with Gasteiger partial charge < -0.3 is 10.1 Å². The van der Waals surface area contributed by atoms with Gasteiger partial charge in [-0.25, -0.2) is 0 Å². The first-order valence-electron chi connectivity index (χ1n) is 11.5. The van der Waals surface area contributed by atoms with Crippen LogP contribution in [0.3, 0.4) is 0 Å². The highest BCUT2D eigenvalue weighted by atomic mass is 79.9. The normalized spacial score (nSPS) is 10.4. The third-order valence-corrected chi connectivity index (χ3v) is 5.79. The molecule has 0 atom stereocenters. The van der Waals surface area contributed by atoms with Crippen LogP contribution >= 0.6 is 28.1 Å². The Balaban J connectivity index is 1.51. The molecule has 0 saturated heterocycles. The molecule has 10 heteroatoms. The SMILES string of the molecule is CC(C)CCOc1ccc(Br)cc1C(=O)NC(=S)NNC(=O)c1ccc(NC(=O)c2ccccc2)cc1. The second-order valence-corrected chi connectivity index (χ2v) is 9.76. The Morgan fingerprint density at radius 2 is 1.54 bits per heavy atom. The summed E-state index contributed by atoms with van der Waals surface area (Å²) in [6.45, 7) is 4.66. The number of hydrogen-bond acceptors (Lipinski definition) is 5. The largest absolute Gasteiger partial charge is 0.493 e. The fourth-order valence-electron chi connectivity index (χ4n) is 3.10. The molecule has 0 aliphatic carbocycles. The van der Waals surface area contributed by atoms with E-state index in [1.165, 1.54) is 0 Å². The second-order valence-electron chi connectivity index (χ2n) is 8.43. The van der Waals surface area contributed by atoms with Crippen molar-refractivity contribution in [1.29, 1.82) is 0 Å². The van der Waals surface area contributed by atoms with E-state index in [2.05, 4.69) is 51.3 Å². The zero-order valence-electron chi connectivity index (χ0n) is 20.3. The summed E-state index contributed by atoms with van der Waals surface area (Å²) >= 11 is 8.52. The molecule has 0 fully saturated rings. The molecule has 4 N–H and O–H groups in total. The van der Waals surface area contributed by atoms with Gasteiger partial charge in [0.1, 0.15) is 5.75 Å². The Labute approximate surface area is 229 Å². The van der Waals surface area contributed by atoms with Gasteiger partial charge in [-0.05, 0) is 79.2 Å². The fourth-order valence-corrected chi connectivity index (χ4v) is 3.60. The minimum atomic E-state index is -0.480. The highest BCUT2D eigenvalue weighted by Gasteiger charge is 2.16. The van der Waals surface area contributed by atoms with Gasteiger partial charge in [0, 0.05) is 21.3 Å². The van der Waals surface area contributed by atoms with E-state index in [0.29, 0.717) is 45.1 Å². The van der Waals surface area contributed by atoms with E-state index in [4.69, 9.17) is 17.0 Å². The van der Waals surface area contributed by atoms with Crippen molar-refractivity contribution in [3.63, 3.8) is 0 Å². The molecule has 3 amide bonds. The van der Waals surface area contributed by atoms with Crippen molar-refractivity contribution in [2.45, 2.75) is 20.3 Å². The molecule has 0 spiro atoms. The molecule has 0 aliphatic rings. The van der Waals surface area contributed by atoms with E-state index in [-0.39, 0.29) is 11.0 Å². The van der Waals surface area contributed by atoms with E-state index in [1.807, 2.05) is 6.07 Å².